The van der Waals surface area contributed by atoms with E-state index in [0.29, 0.717) is 28.2 Å². The predicted octanol–water partition coefficient (Wildman–Crippen LogP) is 4.58. The lowest BCUT2D eigenvalue weighted by atomic mass is 9.96. The Hall–Kier alpha value is -3.94. The van der Waals surface area contributed by atoms with E-state index in [9.17, 15) is 14.0 Å². The Morgan fingerprint density at radius 2 is 1.80 bits per heavy atom. The number of hydrogen-bond acceptors (Lipinski definition) is 5. The van der Waals surface area contributed by atoms with E-state index >= 15 is 0 Å². The summed E-state index contributed by atoms with van der Waals surface area (Å²) < 4.78 is 25.6. The number of carbonyl (C=O) groups is 2. The third-order valence-corrected chi connectivity index (χ3v) is 5.84. The summed E-state index contributed by atoms with van der Waals surface area (Å²) >= 11 is 0. The van der Waals surface area contributed by atoms with Crippen molar-refractivity contribution in [1.29, 1.82) is 0 Å². The van der Waals surface area contributed by atoms with Crippen LogP contribution in [0.3, 0.4) is 0 Å². The zero-order chi connectivity index (χ0) is 24.6. The second kappa shape index (κ2) is 11.5. The molecule has 0 bridgehead atoms. The normalized spacial score (nSPS) is 14.4. The molecule has 0 saturated heterocycles. The van der Waals surface area contributed by atoms with Crippen LogP contribution in [-0.4, -0.2) is 36.1 Å². The van der Waals surface area contributed by atoms with Crippen molar-refractivity contribution in [3.63, 3.8) is 0 Å². The van der Waals surface area contributed by atoms with Crippen LogP contribution in [0.2, 0.25) is 0 Å². The van der Waals surface area contributed by atoms with Crippen molar-refractivity contribution in [3.8, 4) is 11.5 Å². The summed E-state index contributed by atoms with van der Waals surface area (Å²) in [7, 11) is 1.47. The average molecular weight is 478 g/mol. The van der Waals surface area contributed by atoms with Crippen molar-refractivity contribution in [1.82, 2.24) is 4.57 Å². The molecule has 7 nitrogen and oxygen atoms in total. The number of pyridine rings is 1. The molecule has 182 valence electrons. The highest BCUT2D eigenvalue weighted by atomic mass is 19.1. The van der Waals surface area contributed by atoms with Crippen LogP contribution < -0.4 is 20.3 Å². The summed E-state index contributed by atoms with van der Waals surface area (Å²) in [6, 6.07) is 16.0. The third kappa shape index (κ3) is 6.35. The molecule has 1 heterocycles. The number of methoxy groups -OCH3 is 1. The van der Waals surface area contributed by atoms with Gasteiger partial charge in [-0.3, -0.25) is 19.1 Å². The van der Waals surface area contributed by atoms with Gasteiger partial charge in [0.05, 0.1) is 13.2 Å². The van der Waals surface area contributed by atoms with E-state index in [-0.39, 0.29) is 24.4 Å². The molecule has 1 saturated carbocycles. The first kappa shape index (κ1) is 24.2. The molecule has 1 amide bonds. The highest BCUT2D eigenvalue weighted by Crippen LogP contribution is 2.28. The Labute approximate surface area is 203 Å². The van der Waals surface area contributed by atoms with E-state index in [0.717, 1.165) is 25.7 Å². The van der Waals surface area contributed by atoms with Crippen LogP contribution in [0.5, 0.6) is 11.5 Å². The highest BCUT2D eigenvalue weighted by molar-refractivity contribution is 5.96. The van der Waals surface area contributed by atoms with Crippen LogP contribution in [0.15, 0.2) is 71.9 Å². The monoisotopic (exact) mass is 477 g/mol. The molecular formula is C27H28FN3O4. The van der Waals surface area contributed by atoms with Crippen molar-refractivity contribution < 1.29 is 23.5 Å². The van der Waals surface area contributed by atoms with Gasteiger partial charge in [0.2, 0.25) is 0 Å². The Morgan fingerprint density at radius 1 is 1.03 bits per heavy atom. The molecule has 1 aliphatic carbocycles. The highest BCUT2D eigenvalue weighted by Gasteiger charge is 2.16. The third-order valence-electron chi connectivity index (χ3n) is 5.84. The molecule has 0 atom stereocenters. The SMILES string of the molecule is COc1cc(C(=O)n2ccccc2=NC2CCCCC2)ccc1OCC(=O)Nc1ccc(F)cc1. The van der Waals surface area contributed by atoms with Crippen molar-refractivity contribution in [3.05, 3.63) is 83.7 Å². The van der Waals surface area contributed by atoms with E-state index in [2.05, 4.69) is 5.32 Å². The average Bonchev–Trinajstić information content (AvgIpc) is 2.89. The minimum absolute atomic E-state index is 0.233. The summed E-state index contributed by atoms with van der Waals surface area (Å²) in [5.74, 6) is -0.384. The van der Waals surface area contributed by atoms with Crippen LogP contribution in [0.1, 0.15) is 42.5 Å². The number of nitrogens with zero attached hydrogens (tertiary/aromatic N) is 2. The maximum atomic E-state index is 13.3. The number of ether oxygens (including phenoxy) is 2. The topological polar surface area (TPSA) is 81.9 Å². The van der Waals surface area contributed by atoms with Crippen LogP contribution in [-0.2, 0) is 4.79 Å². The first-order valence-corrected chi connectivity index (χ1v) is 11.7. The quantitative estimate of drug-likeness (QED) is 0.540. The molecule has 0 spiro atoms. The fourth-order valence-electron chi connectivity index (χ4n) is 4.04. The Morgan fingerprint density at radius 3 is 2.54 bits per heavy atom. The van der Waals surface area contributed by atoms with E-state index in [1.54, 1.807) is 35.0 Å². The summed E-state index contributed by atoms with van der Waals surface area (Å²) in [6.45, 7) is -0.279. The molecule has 35 heavy (non-hydrogen) atoms. The molecule has 3 aromatic rings. The minimum atomic E-state index is -0.410. The van der Waals surface area contributed by atoms with Gasteiger partial charge in [0, 0.05) is 17.4 Å². The lowest BCUT2D eigenvalue weighted by Crippen LogP contribution is -2.29. The molecular weight excluding hydrogens is 449 g/mol. The van der Waals surface area contributed by atoms with Gasteiger partial charge in [-0.15, -0.1) is 0 Å². The zero-order valence-electron chi connectivity index (χ0n) is 19.6. The Balaban J connectivity index is 1.47. The first-order valence-electron chi connectivity index (χ1n) is 11.7. The number of benzene rings is 2. The van der Waals surface area contributed by atoms with Gasteiger partial charge in [0.1, 0.15) is 11.3 Å². The molecule has 1 aliphatic rings. The number of nitrogens with one attached hydrogen (secondary N) is 1. The number of carbonyl (C=O) groups excluding carboxylic acids is 2. The molecule has 0 radical (unpaired) electrons. The van der Waals surface area contributed by atoms with Gasteiger partial charge < -0.3 is 14.8 Å². The fraction of sp³-hybridized carbons (Fsp3) is 0.296. The lowest BCUT2D eigenvalue weighted by Gasteiger charge is -2.18. The molecule has 8 heteroatoms. The van der Waals surface area contributed by atoms with Crippen molar-refractivity contribution in [2.75, 3.05) is 19.0 Å². The van der Waals surface area contributed by atoms with Gasteiger partial charge in [0.15, 0.2) is 18.1 Å². The molecule has 1 aromatic heterocycles. The summed E-state index contributed by atoms with van der Waals surface area (Å²) in [5, 5.41) is 2.63. The summed E-state index contributed by atoms with van der Waals surface area (Å²) in [4.78, 5) is 30.3. The predicted molar refractivity (Wildman–Crippen MR) is 130 cm³/mol. The zero-order valence-corrected chi connectivity index (χ0v) is 19.6. The van der Waals surface area contributed by atoms with Crippen LogP contribution >= 0.6 is 0 Å². The lowest BCUT2D eigenvalue weighted by molar-refractivity contribution is -0.118. The smallest absolute Gasteiger partial charge is 0.263 e. The molecule has 0 aliphatic heterocycles. The Bertz CT molecular complexity index is 1250. The van der Waals surface area contributed by atoms with Crippen LogP contribution in [0.4, 0.5) is 10.1 Å². The van der Waals surface area contributed by atoms with Gasteiger partial charge in [-0.25, -0.2) is 4.39 Å². The summed E-state index contributed by atoms with van der Waals surface area (Å²) in [6.07, 6.45) is 7.35. The van der Waals surface area contributed by atoms with E-state index < -0.39 is 5.91 Å². The number of halogens is 1. The molecule has 1 fully saturated rings. The van der Waals surface area contributed by atoms with Crippen LogP contribution in [0, 0.1) is 5.82 Å². The van der Waals surface area contributed by atoms with Crippen molar-refractivity contribution >= 4 is 17.5 Å². The van der Waals surface area contributed by atoms with Crippen molar-refractivity contribution in [2.45, 2.75) is 38.1 Å². The number of hydrogen-bond donors (Lipinski definition) is 1. The van der Waals surface area contributed by atoms with Crippen molar-refractivity contribution in [2.24, 2.45) is 4.99 Å². The minimum Gasteiger partial charge on any atom is -0.493 e. The number of amides is 1. The largest absolute Gasteiger partial charge is 0.493 e. The van der Waals surface area contributed by atoms with E-state index in [4.69, 9.17) is 14.5 Å². The van der Waals surface area contributed by atoms with Gasteiger partial charge in [-0.2, -0.15) is 0 Å². The van der Waals surface area contributed by atoms with Gasteiger partial charge in [0.25, 0.3) is 11.8 Å². The van der Waals surface area contributed by atoms with Gasteiger partial charge >= 0.3 is 0 Å². The standard InChI is InChI=1S/C27H28FN3O4/c1-34-24-17-19(10-15-23(24)35-18-26(32)30-22-13-11-20(28)12-14-22)27(33)31-16-6-5-9-25(31)29-21-7-3-2-4-8-21/h5-6,9-17,21H,2-4,7-8,18H2,1H3,(H,30,32). The maximum Gasteiger partial charge on any atom is 0.263 e. The maximum absolute atomic E-state index is 13.3. The fourth-order valence-corrected chi connectivity index (χ4v) is 4.04. The summed E-state index contributed by atoms with van der Waals surface area (Å²) in [5.41, 5.74) is 1.49. The second-order valence-electron chi connectivity index (χ2n) is 8.36. The molecule has 1 N–H and O–H groups in total. The van der Waals surface area contributed by atoms with Crippen LogP contribution in [0.25, 0.3) is 0 Å². The number of anilines is 1. The van der Waals surface area contributed by atoms with E-state index in [1.807, 2.05) is 12.1 Å². The number of rotatable bonds is 7. The molecule has 4 rings (SSSR count). The second-order valence-corrected chi connectivity index (χ2v) is 8.36. The van der Waals surface area contributed by atoms with Gasteiger partial charge in [-0.05, 0) is 67.4 Å². The Kier molecular flexibility index (Phi) is 7.92. The van der Waals surface area contributed by atoms with Gasteiger partial charge in [-0.1, -0.05) is 25.3 Å². The first-order chi connectivity index (χ1) is 17.0. The molecule has 0 unspecified atom stereocenters. The van der Waals surface area contributed by atoms with E-state index in [1.165, 1.54) is 37.8 Å². The molecule has 2 aromatic carbocycles. The number of aromatic nitrogens is 1.